The molecule has 7 nitrogen and oxygen atoms in total. The molecular weight excluding hydrogens is 342 g/mol. The van der Waals surface area contributed by atoms with Crippen molar-refractivity contribution in [3.63, 3.8) is 0 Å². The van der Waals surface area contributed by atoms with Crippen LogP contribution in [-0.4, -0.2) is 27.7 Å². The molecule has 1 aromatic heterocycles. The maximum Gasteiger partial charge on any atom is 0.264 e. The van der Waals surface area contributed by atoms with Crippen molar-refractivity contribution in [2.24, 2.45) is 5.73 Å². The number of amides is 1. The highest BCUT2D eigenvalue weighted by Crippen LogP contribution is 2.26. The van der Waals surface area contributed by atoms with Gasteiger partial charge in [-0.3, -0.25) is 9.59 Å². The molecule has 1 amide bonds. The Morgan fingerprint density at radius 3 is 2.52 bits per heavy atom. The molecule has 0 bridgehead atoms. The number of carbonyl (C=O) groups excluding carboxylic acids is 1. The smallest absolute Gasteiger partial charge is 0.264 e. The summed E-state index contributed by atoms with van der Waals surface area (Å²) in [7, 11) is 0. The van der Waals surface area contributed by atoms with Crippen LogP contribution in [0.3, 0.4) is 0 Å². The van der Waals surface area contributed by atoms with Gasteiger partial charge in [-0.05, 0) is 24.5 Å². The molecule has 1 fully saturated rings. The van der Waals surface area contributed by atoms with E-state index in [-0.39, 0.29) is 11.5 Å². The van der Waals surface area contributed by atoms with E-state index in [0.29, 0.717) is 25.0 Å². The molecule has 27 heavy (non-hydrogen) atoms. The number of H-pyrrole nitrogens is 1. The summed E-state index contributed by atoms with van der Waals surface area (Å²) < 4.78 is 0. The van der Waals surface area contributed by atoms with E-state index in [4.69, 9.17) is 5.73 Å². The van der Waals surface area contributed by atoms with Crippen LogP contribution in [-0.2, 0) is 11.2 Å². The summed E-state index contributed by atoms with van der Waals surface area (Å²) >= 11 is 0. The normalized spacial score (nSPS) is 16.9. The van der Waals surface area contributed by atoms with Crippen LogP contribution in [0.15, 0.2) is 41.2 Å². The van der Waals surface area contributed by atoms with Gasteiger partial charge in [0, 0.05) is 18.1 Å². The second kappa shape index (κ2) is 8.14. The maximum absolute atomic E-state index is 12.5. The highest BCUT2D eigenvalue weighted by atomic mass is 16.2. The number of nitrogens with one attached hydrogen (secondary N) is 2. The highest BCUT2D eigenvalue weighted by Gasteiger charge is 2.36. The van der Waals surface area contributed by atoms with Gasteiger partial charge in [0.2, 0.25) is 5.91 Å². The van der Waals surface area contributed by atoms with Crippen LogP contribution in [0, 0.1) is 11.3 Å². The van der Waals surface area contributed by atoms with Gasteiger partial charge in [0.25, 0.3) is 5.56 Å². The topological polar surface area (TPSA) is 125 Å². The molecule has 1 atom stereocenters. The van der Waals surface area contributed by atoms with Gasteiger partial charge in [-0.15, -0.1) is 0 Å². The van der Waals surface area contributed by atoms with E-state index in [0.717, 1.165) is 30.4 Å². The lowest BCUT2D eigenvalue weighted by atomic mass is 9.81. The average Bonchev–Trinajstić information content (AvgIpc) is 2.69. The molecule has 140 valence electrons. The van der Waals surface area contributed by atoms with E-state index in [1.165, 1.54) is 6.07 Å². The molecule has 3 rings (SSSR count). The Labute approximate surface area is 157 Å². The highest BCUT2D eigenvalue weighted by molar-refractivity contribution is 5.86. The van der Waals surface area contributed by atoms with Gasteiger partial charge in [0.1, 0.15) is 6.04 Å². The van der Waals surface area contributed by atoms with Crippen LogP contribution in [0.25, 0.3) is 11.3 Å². The predicted molar refractivity (Wildman–Crippen MR) is 102 cm³/mol. The maximum atomic E-state index is 12.5. The molecule has 0 radical (unpaired) electrons. The number of rotatable bonds is 5. The molecule has 0 aliphatic heterocycles. The minimum absolute atomic E-state index is 0.234. The van der Waals surface area contributed by atoms with Crippen LogP contribution in [0.5, 0.6) is 0 Å². The summed E-state index contributed by atoms with van der Waals surface area (Å²) in [6.45, 7) is 0. The zero-order chi connectivity index (χ0) is 19.3. The monoisotopic (exact) mass is 365 g/mol. The number of nitrogens with zero attached hydrogens (tertiary/aromatic N) is 2. The second-order valence-electron chi connectivity index (χ2n) is 7.08. The van der Waals surface area contributed by atoms with Crippen LogP contribution in [0.4, 0.5) is 0 Å². The quantitative estimate of drug-likeness (QED) is 0.743. The zero-order valence-electron chi connectivity index (χ0n) is 15.1. The van der Waals surface area contributed by atoms with E-state index in [9.17, 15) is 14.9 Å². The fourth-order valence-electron chi connectivity index (χ4n) is 3.39. The predicted octanol–water partition coefficient (Wildman–Crippen LogP) is 1.65. The lowest BCUT2D eigenvalue weighted by Gasteiger charge is -2.32. The van der Waals surface area contributed by atoms with E-state index in [1.54, 1.807) is 6.07 Å². The average molecular weight is 365 g/mol. The number of carbonyl (C=O) groups is 1. The number of benzene rings is 1. The molecule has 0 saturated heterocycles. The molecule has 0 unspecified atom stereocenters. The first-order valence-electron chi connectivity index (χ1n) is 9.15. The van der Waals surface area contributed by atoms with Gasteiger partial charge in [-0.1, -0.05) is 43.5 Å². The molecule has 1 saturated carbocycles. The summed E-state index contributed by atoms with van der Waals surface area (Å²) in [5, 5.41) is 18.6. The standard InChI is InChI=1S/C20H23N5O2/c21-13-16(23-19(27)20(22)10-2-1-3-11-20)12-14-4-6-15(7-5-14)17-8-9-18(26)25-24-17/h4-9,16H,1-3,10-12,22H2,(H,23,27)(H,25,26)/t16-/m0/s1. The van der Waals surface area contributed by atoms with Gasteiger partial charge >= 0.3 is 0 Å². The Hall–Kier alpha value is -2.98. The SMILES string of the molecule is N#C[C@H](Cc1ccc(-c2ccc(=O)[nH]n2)cc1)NC(=O)C1(N)CCCCC1. The first-order valence-corrected chi connectivity index (χ1v) is 9.15. The van der Waals surface area contributed by atoms with Gasteiger partial charge < -0.3 is 11.1 Å². The summed E-state index contributed by atoms with van der Waals surface area (Å²) in [5.41, 5.74) is 7.57. The Bertz CT molecular complexity index is 871. The van der Waals surface area contributed by atoms with E-state index in [2.05, 4.69) is 21.6 Å². The summed E-state index contributed by atoms with van der Waals surface area (Å²) in [4.78, 5) is 23.6. The molecule has 2 aromatic rings. The largest absolute Gasteiger partial charge is 0.338 e. The fourth-order valence-corrected chi connectivity index (χ4v) is 3.39. The Morgan fingerprint density at radius 1 is 1.22 bits per heavy atom. The summed E-state index contributed by atoms with van der Waals surface area (Å²) in [6, 6.07) is 12.1. The number of nitriles is 1. The minimum atomic E-state index is -0.854. The molecule has 1 heterocycles. The summed E-state index contributed by atoms with van der Waals surface area (Å²) in [6.07, 6.45) is 4.72. The third kappa shape index (κ3) is 4.60. The van der Waals surface area contributed by atoms with Crippen molar-refractivity contribution in [1.82, 2.24) is 15.5 Å². The Balaban J connectivity index is 1.64. The first kappa shape index (κ1) is 18.8. The summed E-state index contributed by atoms with van der Waals surface area (Å²) in [5.74, 6) is -0.234. The molecule has 1 aliphatic carbocycles. The van der Waals surface area contributed by atoms with Crippen molar-refractivity contribution in [3.05, 3.63) is 52.3 Å². The molecular formula is C20H23N5O2. The van der Waals surface area contributed by atoms with E-state index >= 15 is 0 Å². The lowest BCUT2D eigenvalue weighted by molar-refractivity contribution is -0.127. The number of hydrogen-bond acceptors (Lipinski definition) is 5. The third-order valence-corrected chi connectivity index (χ3v) is 5.03. The zero-order valence-corrected chi connectivity index (χ0v) is 15.1. The fraction of sp³-hybridized carbons (Fsp3) is 0.400. The Kier molecular flexibility index (Phi) is 5.67. The third-order valence-electron chi connectivity index (χ3n) is 5.03. The van der Waals surface area contributed by atoms with Crippen molar-refractivity contribution in [3.8, 4) is 17.3 Å². The lowest BCUT2D eigenvalue weighted by Crippen LogP contribution is -2.57. The van der Waals surface area contributed by atoms with E-state index < -0.39 is 11.6 Å². The van der Waals surface area contributed by atoms with Crippen LogP contribution in [0.1, 0.15) is 37.7 Å². The van der Waals surface area contributed by atoms with Gasteiger partial charge in [0.05, 0.1) is 17.3 Å². The van der Waals surface area contributed by atoms with E-state index in [1.807, 2.05) is 24.3 Å². The molecule has 7 heteroatoms. The molecule has 0 spiro atoms. The number of aromatic nitrogens is 2. The number of hydrogen-bond donors (Lipinski definition) is 3. The van der Waals surface area contributed by atoms with Crippen molar-refractivity contribution in [2.75, 3.05) is 0 Å². The second-order valence-corrected chi connectivity index (χ2v) is 7.08. The molecule has 1 aromatic carbocycles. The van der Waals surface area contributed by atoms with Crippen LogP contribution in [0.2, 0.25) is 0 Å². The number of aromatic amines is 1. The molecule has 1 aliphatic rings. The minimum Gasteiger partial charge on any atom is -0.338 e. The van der Waals surface area contributed by atoms with Gasteiger partial charge in [-0.2, -0.15) is 10.4 Å². The van der Waals surface area contributed by atoms with Crippen molar-refractivity contribution in [2.45, 2.75) is 50.1 Å². The first-order chi connectivity index (χ1) is 13.0. The molecule has 4 N–H and O–H groups in total. The van der Waals surface area contributed by atoms with Crippen LogP contribution >= 0.6 is 0 Å². The van der Waals surface area contributed by atoms with Crippen molar-refractivity contribution < 1.29 is 4.79 Å². The van der Waals surface area contributed by atoms with Crippen molar-refractivity contribution in [1.29, 1.82) is 5.26 Å². The van der Waals surface area contributed by atoms with Crippen molar-refractivity contribution >= 4 is 5.91 Å². The van der Waals surface area contributed by atoms with Crippen LogP contribution < -0.4 is 16.6 Å². The Morgan fingerprint density at radius 2 is 1.93 bits per heavy atom. The van der Waals surface area contributed by atoms with Gasteiger partial charge in [-0.25, -0.2) is 5.10 Å². The number of nitrogens with two attached hydrogens (primary N) is 1. The van der Waals surface area contributed by atoms with Gasteiger partial charge in [0.15, 0.2) is 0 Å².